The van der Waals surface area contributed by atoms with Gasteiger partial charge in [-0.25, -0.2) is 29.1 Å². The van der Waals surface area contributed by atoms with Crippen molar-refractivity contribution >= 4 is 67.0 Å². The minimum Gasteiger partial charge on any atom is -0.455 e. The van der Waals surface area contributed by atoms with Crippen molar-refractivity contribution in [2.24, 2.45) is 0 Å². The minimum atomic E-state index is -5.12. The summed E-state index contributed by atoms with van der Waals surface area (Å²) in [6.45, 7) is 5.29. The fraction of sp³-hybridized carbons (Fsp3) is 0.548. The first-order valence-corrected chi connectivity index (χ1v) is 21.6. The molecule has 318 valence electrons. The summed E-state index contributed by atoms with van der Waals surface area (Å²) in [4.78, 5) is 97.7. The van der Waals surface area contributed by atoms with E-state index in [9.17, 15) is 48.1 Å². The number of nitrogens with one attached hydrogen (secondary N) is 1. The number of allylic oxidation sites excluding steroid dienone is 1. The van der Waals surface area contributed by atoms with Crippen LogP contribution in [0.25, 0.3) is 11.2 Å². The number of thioether (sulfide) groups is 1. The number of amides is 1. The first-order chi connectivity index (χ1) is 27.3. The van der Waals surface area contributed by atoms with Crippen LogP contribution in [0.4, 0.5) is 11.6 Å². The number of carbonyl (C=O) groups is 3. The molecule has 0 radical (unpaired) electrons. The SMILES string of the molecule is C=CCCC(=O)N[C@@H](CC(=O)SC(C)C)C(=O)O[C@@H]1C(COP(=O)(O)[C@H]2C[C@H](n3ccc(N)nc3=O)O[C@@H]2COP(=O)(O)O)O[C@@H](n2cnc3c(N)ncnc32)[C@@H]1O. The highest BCUT2D eigenvalue weighted by atomic mass is 32.2. The Balaban J connectivity index is 1.43. The van der Waals surface area contributed by atoms with Gasteiger partial charge in [-0.2, -0.15) is 4.98 Å². The number of aromatic nitrogens is 6. The summed E-state index contributed by atoms with van der Waals surface area (Å²) in [6.07, 6.45) is -4.98. The molecule has 58 heavy (non-hydrogen) atoms. The standard InChI is InChI=1S/C31H43N9O15P2S/c1-4-5-6-21(41)37-16(9-23(42)58-15(2)3)30(44)55-26-18(54-29(25(26)43)40-14-36-24-27(33)34-13-35-28(24)40)12-51-56(46,47)19-10-22(39-8-7-20(32)38-31(39)45)53-17(19)11-52-57(48,49)50/h4,7-8,13-19,22,25-26,29,43H,1,5-6,9-12H2,2-3H3,(H,37,41)(H,46,47)(H2,32,38,45)(H2,33,34,35)(H2,48,49,50)/t16-,17+,18?,19-,22+,25+,26+,29+/m0/s1. The number of rotatable bonds is 18. The molecular formula is C31H43N9O15P2S. The molecule has 2 aliphatic rings. The first kappa shape index (κ1) is 45.0. The van der Waals surface area contributed by atoms with Crippen LogP contribution in [0.3, 0.4) is 0 Å². The fourth-order valence-corrected chi connectivity index (χ4v) is 8.85. The highest BCUT2D eigenvalue weighted by molar-refractivity contribution is 8.14. The lowest BCUT2D eigenvalue weighted by Crippen LogP contribution is -2.47. The zero-order valence-electron chi connectivity index (χ0n) is 31.0. The summed E-state index contributed by atoms with van der Waals surface area (Å²) < 4.78 is 55.4. The monoisotopic (exact) mass is 875 g/mol. The molecule has 2 unspecified atom stereocenters. The number of nitrogen functional groups attached to an aromatic ring is 2. The maximum Gasteiger partial charge on any atom is 0.469 e. The van der Waals surface area contributed by atoms with Gasteiger partial charge in [-0.3, -0.25) is 27.8 Å². The predicted octanol–water partition coefficient (Wildman–Crippen LogP) is -0.106. The highest BCUT2D eigenvalue weighted by Crippen LogP contribution is 2.56. The second-order valence-corrected chi connectivity index (χ2v) is 18.3. The zero-order chi connectivity index (χ0) is 42.5. The Morgan fingerprint density at radius 2 is 1.83 bits per heavy atom. The fourth-order valence-electron chi connectivity index (χ4n) is 6.14. The summed E-state index contributed by atoms with van der Waals surface area (Å²) in [5.41, 5.74) is 9.24. The van der Waals surface area contributed by atoms with Crippen LogP contribution in [0, 0.1) is 0 Å². The van der Waals surface area contributed by atoms with Gasteiger partial charge in [0.25, 0.3) is 0 Å². The molecule has 27 heteroatoms. The number of phosphoric ester groups is 1. The van der Waals surface area contributed by atoms with E-state index in [2.05, 4.69) is 36.4 Å². The number of imidazole rings is 1. The third-order valence-corrected chi connectivity index (χ3v) is 12.1. The molecule has 9 atom stereocenters. The number of nitrogens with two attached hydrogens (primary N) is 2. The molecule has 2 saturated heterocycles. The van der Waals surface area contributed by atoms with Crippen molar-refractivity contribution in [3.63, 3.8) is 0 Å². The van der Waals surface area contributed by atoms with Crippen LogP contribution in [-0.2, 0) is 46.8 Å². The van der Waals surface area contributed by atoms with Crippen molar-refractivity contribution in [3.8, 4) is 0 Å². The van der Waals surface area contributed by atoms with Gasteiger partial charge in [0.1, 0.15) is 42.1 Å². The molecule has 3 aromatic heterocycles. The van der Waals surface area contributed by atoms with Gasteiger partial charge in [0.15, 0.2) is 28.9 Å². The topological polar surface area (TPSA) is 355 Å². The number of aliphatic hydroxyl groups is 1. The van der Waals surface area contributed by atoms with E-state index in [-0.39, 0.29) is 40.9 Å². The third kappa shape index (κ3) is 11.1. The molecule has 0 spiro atoms. The zero-order valence-corrected chi connectivity index (χ0v) is 33.6. The van der Waals surface area contributed by atoms with Crippen LogP contribution >= 0.6 is 27.2 Å². The summed E-state index contributed by atoms with van der Waals surface area (Å²) in [7, 11) is -10.1. The predicted molar refractivity (Wildman–Crippen MR) is 202 cm³/mol. The second-order valence-electron chi connectivity index (χ2n) is 13.4. The summed E-state index contributed by atoms with van der Waals surface area (Å²) in [5.74, 6) is -1.88. The molecule has 2 aliphatic heterocycles. The number of fused-ring (bicyclic) bond motifs is 1. The Bertz CT molecular complexity index is 2150. The Morgan fingerprint density at radius 1 is 1.10 bits per heavy atom. The van der Waals surface area contributed by atoms with Crippen molar-refractivity contribution in [1.82, 2.24) is 34.4 Å². The van der Waals surface area contributed by atoms with Crippen LogP contribution in [0.2, 0.25) is 0 Å². The van der Waals surface area contributed by atoms with Gasteiger partial charge in [0.05, 0.1) is 31.3 Å². The number of ether oxygens (including phenoxy) is 3. The minimum absolute atomic E-state index is 0.00863. The molecule has 24 nitrogen and oxygen atoms in total. The van der Waals surface area contributed by atoms with E-state index < -0.39 is 113 Å². The lowest BCUT2D eigenvalue weighted by molar-refractivity contribution is -0.160. The highest BCUT2D eigenvalue weighted by Gasteiger charge is 2.52. The van der Waals surface area contributed by atoms with E-state index >= 15 is 0 Å². The summed E-state index contributed by atoms with van der Waals surface area (Å²) in [5, 5.41) is 13.5. The van der Waals surface area contributed by atoms with Crippen molar-refractivity contribution in [1.29, 1.82) is 0 Å². The maximum absolute atomic E-state index is 14.0. The van der Waals surface area contributed by atoms with Crippen LogP contribution < -0.4 is 22.5 Å². The van der Waals surface area contributed by atoms with E-state index in [1.807, 2.05) is 0 Å². The Morgan fingerprint density at radius 3 is 2.50 bits per heavy atom. The number of aliphatic hydroxyl groups excluding tert-OH is 1. The van der Waals surface area contributed by atoms with E-state index in [4.69, 9.17) is 30.2 Å². The van der Waals surface area contributed by atoms with E-state index in [0.717, 1.165) is 22.7 Å². The number of esters is 1. The van der Waals surface area contributed by atoms with Crippen LogP contribution in [0.1, 0.15) is 52.0 Å². The summed E-state index contributed by atoms with van der Waals surface area (Å²) in [6, 6.07) is -0.266. The van der Waals surface area contributed by atoms with Crippen molar-refractivity contribution in [2.45, 2.75) is 93.4 Å². The number of anilines is 2. The van der Waals surface area contributed by atoms with Gasteiger partial charge < -0.3 is 55.3 Å². The van der Waals surface area contributed by atoms with Gasteiger partial charge in [-0.1, -0.05) is 31.7 Å². The number of carbonyl (C=O) groups excluding carboxylic acids is 3. The van der Waals surface area contributed by atoms with E-state index in [1.54, 1.807) is 13.8 Å². The molecule has 0 saturated carbocycles. The molecule has 0 aliphatic carbocycles. The molecular weight excluding hydrogens is 832 g/mol. The number of hydrogen-bond donors (Lipinski definition) is 7. The number of nitrogens with zero attached hydrogens (tertiary/aromatic N) is 6. The van der Waals surface area contributed by atoms with Crippen LogP contribution in [0.5, 0.6) is 0 Å². The number of phosphoric acid groups is 1. The average Bonchev–Trinajstić information content (AvgIpc) is 3.85. The van der Waals surface area contributed by atoms with Gasteiger partial charge in [-0.15, -0.1) is 6.58 Å². The van der Waals surface area contributed by atoms with Crippen molar-refractivity contribution in [2.75, 3.05) is 24.7 Å². The lowest BCUT2D eigenvalue weighted by Gasteiger charge is -2.26. The molecule has 2 fully saturated rings. The lowest BCUT2D eigenvalue weighted by atomic mass is 10.1. The Labute approximate surface area is 333 Å². The van der Waals surface area contributed by atoms with E-state index in [0.29, 0.717) is 0 Å². The van der Waals surface area contributed by atoms with Gasteiger partial charge in [0, 0.05) is 30.7 Å². The maximum atomic E-state index is 14.0. The van der Waals surface area contributed by atoms with Crippen molar-refractivity contribution in [3.05, 3.63) is 48.1 Å². The summed E-state index contributed by atoms with van der Waals surface area (Å²) >= 11 is 0.928. The largest absolute Gasteiger partial charge is 0.469 e. The Hall–Kier alpha value is -4.13. The average molecular weight is 876 g/mol. The normalized spacial score (nSPS) is 25.1. The molecule has 5 rings (SSSR count). The Kier molecular flexibility index (Phi) is 14.6. The molecule has 9 N–H and O–H groups in total. The molecule has 0 bridgehead atoms. The van der Waals surface area contributed by atoms with Crippen LogP contribution in [-0.4, -0.2) is 120 Å². The molecule has 3 aromatic rings. The third-order valence-electron chi connectivity index (χ3n) is 8.77. The van der Waals surface area contributed by atoms with Gasteiger partial charge in [-0.05, 0) is 12.5 Å². The van der Waals surface area contributed by atoms with Gasteiger partial charge >= 0.3 is 27.1 Å². The van der Waals surface area contributed by atoms with Crippen molar-refractivity contribution < 1.29 is 66.6 Å². The second kappa shape index (κ2) is 18.8. The smallest absolute Gasteiger partial charge is 0.455 e. The molecule has 0 aromatic carbocycles. The van der Waals surface area contributed by atoms with Gasteiger partial charge in [0.2, 0.25) is 5.91 Å². The quantitative estimate of drug-likeness (QED) is 0.0498. The molecule has 1 amide bonds. The number of hydrogen-bond acceptors (Lipinski definition) is 19. The van der Waals surface area contributed by atoms with E-state index in [1.165, 1.54) is 29.2 Å². The first-order valence-electron chi connectivity index (χ1n) is 17.5. The van der Waals surface area contributed by atoms with Crippen LogP contribution in [0.15, 0.2) is 42.4 Å². The molecule has 5 heterocycles.